The lowest BCUT2D eigenvalue weighted by atomic mass is 10.2. The van der Waals surface area contributed by atoms with Crippen LogP contribution in [0.5, 0.6) is 11.5 Å². The summed E-state index contributed by atoms with van der Waals surface area (Å²) in [5.74, 6) is -0.612. The van der Waals surface area contributed by atoms with Crippen molar-refractivity contribution in [1.29, 1.82) is 0 Å². The number of carbonyl (C=O) groups is 1. The molecule has 0 saturated carbocycles. The predicted octanol–water partition coefficient (Wildman–Crippen LogP) is 5.50. The number of hydrogen-bond acceptors (Lipinski definition) is 6. The molecule has 0 spiro atoms. The molecule has 33 heavy (non-hydrogen) atoms. The zero-order valence-corrected chi connectivity index (χ0v) is 20.4. The Bertz CT molecular complexity index is 1330. The van der Waals surface area contributed by atoms with Crippen LogP contribution in [0.15, 0.2) is 64.6 Å². The van der Waals surface area contributed by atoms with Gasteiger partial charge in [-0.25, -0.2) is 5.43 Å². The van der Waals surface area contributed by atoms with Crippen LogP contribution in [0.2, 0.25) is 15.1 Å². The molecule has 0 aliphatic carbocycles. The summed E-state index contributed by atoms with van der Waals surface area (Å²) in [6.45, 7) is 1.84. The molecule has 0 bridgehead atoms. The van der Waals surface area contributed by atoms with Crippen LogP contribution in [-0.4, -0.2) is 27.6 Å². The molecule has 0 fully saturated rings. The van der Waals surface area contributed by atoms with Gasteiger partial charge in [0.1, 0.15) is 4.90 Å². The average molecular weight is 528 g/mol. The molecular weight excluding hydrogens is 511 g/mol. The van der Waals surface area contributed by atoms with Crippen molar-refractivity contribution in [2.75, 3.05) is 7.11 Å². The molecule has 0 radical (unpaired) electrons. The van der Waals surface area contributed by atoms with E-state index in [-0.39, 0.29) is 32.0 Å². The molecule has 172 valence electrons. The third-order valence-electron chi connectivity index (χ3n) is 4.32. The fraction of sp³-hybridized carbons (Fsp3) is 0.0909. The molecule has 7 nitrogen and oxygen atoms in total. The van der Waals surface area contributed by atoms with Gasteiger partial charge in [-0.15, -0.1) is 0 Å². The minimum atomic E-state index is -4.14. The molecule has 0 saturated heterocycles. The molecule has 11 heteroatoms. The van der Waals surface area contributed by atoms with Crippen molar-refractivity contribution in [2.45, 2.75) is 11.8 Å². The van der Waals surface area contributed by atoms with Crippen molar-refractivity contribution in [2.24, 2.45) is 5.10 Å². The maximum Gasteiger partial charge on any atom is 0.339 e. The summed E-state index contributed by atoms with van der Waals surface area (Å²) < 4.78 is 35.7. The Morgan fingerprint density at radius 2 is 1.67 bits per heavy atom. The highest BCUT2D eigenvalue weighted by molar-refractivity contribution is 7.87. The number of halogens is 3. The van der Waals surface area contributed by atoms with E-state index in [1.807, 2.05) is 6.92 Å². The van der Waals surface area contributed by atoms with E-state index in [4.69, 9.17) is 43.7 Å². The third kappa shape index (κ3) is 6.17. The SMILES string of the molecule is COc1cc(/C=N\NC(=O)c2ccc(Cl)c(Cl)c2)cc(Cl)c1OS(=O)(=O)c1ccc(C)cc1. The van der Waals surface area contributed by atoms with E-state index in [0.29, 0.717) is 10.6 Å². The van der Waals surface area contributed by atoms with Gasteiger partial charge in [0.2, 0.25) is 5.75 Å². The van der Waals surface area contributed by atoms with E-state index >= 15 is 0 Å². The van der Waals surface area contributed by atoms with Crippen molar-refractivity contribution in [1.82, 2.24) is 5.43 Å². The number of nitrogens with zero attached hydrogens (tertiary/aromatic N) is 1. The van der Waals surface area contributed by atoms with Gasteiger partial charge in [0.25, 0.3) is 5.91 Å². The number of rotatable bonds is 7. The maximum absolute atomic E-state index is 12.6. The molecular formula is C22H17Cl3N2O5S. The van der Waals surface area contributed by atoms with E-state index in [2.05, 4.69) is 10.5 Å². The summed E-state index contributed by atoms with van der Waals surface area (Å²) in [6.07, 6.45) is 1.31. The molecule has 0 heterocycles. The summed E-state index contributed by atoms with van der Waals surface area (Å²) in [4.78, 5) is 12.2. The number of aryl methyl sites for hydroxylation is 1. The molecule has 3 rings (SSSR count). The fourth-order valence-corrected chi connectivity index (χ4v) is 4.18. The molecule has 0 unspecified atom stereocenters. The number of nitrogens with one attached hydrogen (secondary N) is 1. The Kier molecular flexibility index (Phi) is 7.86. The average Bonchev–Trinajstić information content (AvgIpc) is 2.77. The zero-order valence-electron chi connectivity index (χ0n) is 17.3. The first kappa shape index (κ1) is 24.9. The van der Waals surface area contributed by atoms with Crippen molar-refractivity contribution >= 4 is 57.0 Å². The molecule has 0 aromatic heterocycles. The summed E-state index contributed by atoms with van der Waals surface area (Å²) in [6, 6.07) is 13.5. The second-order valence-corrected chi connectivity index (χ2v) is 9.48. The molecule has 0 aliphatic rings. The van der Waals surface area contributed by atoms with Crippen LogP contribution in [0.4, 0.5) is 0 Å². The van der Waals surface area contributed by atoms with E-state index in [1.54, 1.807) is 12.1 Å². The van der Waals surface area contributed by atoms with Gasteiger partial charge in [0.05, 0.1) is 28.4 Å². The summed E-state index contributed by atoms with van der Waals surface area (Å²) in [5.41, 5.74) is 3.94. The first-order chi connectivity index (χ1) is 15.6. The highest BCUT2D eigenvalue weighted by atomic mass is 35.5. The Morgan fingerprint density at radius 3 is 2.30 bits per heavy atom. The van der Waals surface area contributed by atoms with E-state index in [1.165, 1.54) is 55.8 Å². The van der Waals surface area contributed by atoms with Crippen LogP contribution < -0.4 is 14.3 Å². The summed E-state index contributed by atoms with van der Waals surface area (Å²) in [7, 11) is -2.80. The number of ether oxygens (including phenoxy) is 1. The lowest BCUT2D eigenvalue weighted by Crippen LogP contribution is -2.17. The topological polar surface area (TPSA) is 94.1 Å². The Balaban J connectivity index is 1.79. The van der Waals surface area contributed by atoms with Crippen molar-refractivity contribution < 1.29 is 22.1 Å². The fourth-order valence-electron chi connectivity index (χ4n) is 2.63. The summed E-state index contributed by atoms with van der Waals surface area (Å²) in [5, 5.41) is 4.41. The number of amides is 1. The molecule has 3 aromatic rings. The highest BCUT2D eigenvalue weighted by Crippen LogP contribution is 2.38. The van der Waals surface area contributed by atoms with Crippen molar-refractivity contribution in [3.8, 4) is 11.5 Å². The van der Waals surface area contributed by atoms with Crippen LogP contribution in [0.25, 0.3) is 0 Å². The Hall–Kier alpha value is -2.78. The van der Waals surface area contributed by atoms with Gasteiger partial charge in [-0.05, 0) is 55.0 Å². The monoisotopic (exact) mass is 526 g/mol. The zero-order chi connectivity index (χ0) is 24.2. The van der Waals surface area contributed by atoms with Crippen LogP contribution in [0.1, 0.15) is 21.5 Å². The standard InChI is InChI=1S/C22H17Cl3N2O5S/c1-13-3-6-16(7-4-13)33(29,30)32-21-19(25)9-14(10-20(21)31-2)12-26-27-22(28)15-5-8-17(23)18(24)11-15/h3-12H,1-2H3,(H,27,28)/b26-12-. The van der Waals surface area contributed by atoms with Gasteiger partial charge in [-0.1, -0.05) is 52.5 Å². The minimum absolute atomic E-state index is 0.0257. The number of hydrazone groups is 1. The van der Waals surface area contributed by atoms with Gasteiger partial charge >= 0.3 is 10.1 Å². The van der Waals surface area contributed by atoms with E-state index in [0.717, 1.165) is 5.56 Å². The molecule has 0 aliphatic heterocycles. The van der Waals surface area contributed by atoms with Gasteiger partial charge < -0.3 is 8.92 Å². The second kappa shape index (κ2) is 10.4. The first-order valence-electron chi connectivity index (χ1n) is 9.28. The smallest absolute Gasteiger partial charge is 0.339 e. The highest BCUT2D eigenvalue weighted by Gasteiger charge is 2.22. The van der Waals surface area contributed by atoms with Crippen molar-refractivity contribution in [3.63, 3.8) is 0 Å². The molecule has 0 atom stereocenters. The first-order valence-corrected chi connectivity index (χ1v) is 11.8. The lowest BCUT2D eigenvalue weighted by Gasteiger charge is -2.13. The van der Waals surface area contributed by atoms with Gasteiger partial charge in [0.15, 0.2) is 5.75 Å². The van der Waals surface area contributed by atoms with Crippen LogP contribution in [0.3, 0.4) is 0 Å². The predicted molar refractivity (Wildman–Crippen MR) is 129 cm³/mol. The largest absolute Gasteiger partial charge is 0.493 e. The number of benzene rings is 3. The van der Waals surface area contributed by atoms with E-state index < -0.39 is 16.0 Å². The number of methoxy groups -OCH3 is 1. The van der Waals surface area contributed by atoms with Gasteiger partial charge in [-0.2, -0.15) is 13.5 Å². The molecule has 3 aromatic carbocycles. The van der Waals surface area contributed by atoms with Crippen LogP contribution in [-0.2, 0) is 10.1 Å². The number of carbonyl (C=O) groups excluding carboxylic acids is 1. The second-order valence-electron chi connectivity index (χ2n) is 6.71. The van der Waals surface area contributed by atoms with Gasteiger partial charge in [-0.3, -0.25) is 4.79 Å². The third-order valence-corrected chi connectivity index (χ3v) is 6.57. The molecule has 1 amide bonds. The Labute approximate surface area is 206 Å². The quantitative estimate of drug-likeness (QED) is 0.249. The normalized spacial score (nSPS) is 11.4. The van der Waals surface area contributed by atoms with Gasteiger partial charge in [0, 0.05) is 5.56 Å². The number of hydrogen-bond donors (Lipinski definition) is 1. The lowest BCUT2D eigenvalue weighted by molar-refractivity contribution is 0.0955. The van der Waals surface area contributed by atoms with Crippen LogP contribution in [0, 0.1) is 6.92 Å². The maximum atomic E-state index is 12.6. The van der Waals surface area contributed by atoms with E-state index in [9.17, 15) is 13.2 Å². The molecule has 1 N–H and O–H groups in total. The minimum Gasteiger partial charge on any atom is -0.493 e. The summed E-state index contributed by atoms with van der Waals surface area (Å²) >= 11 is 18.0. The van der Waals surface area contributed by atoms with Crippen LogP contribution >= 0.6 is 34.8 Å². The van der Waals surface area contributed by atoms with Crippen molar-refractivity contribution in [3.05, 3.63) is 86.4 Å². The Morgan fingerprint density at radius 1 is 0.970 bits per heavy atom.